The Balaban J connectivity index is 0.000000196. The van der Waals surface area contributed by atoms with E-state index in [2.05, 4.69) is 6.92 Å². The van der Waals surface area contributed by atoms with E-state index in [9.17, 15) is 9.50 Å². The Kier molecular flexibility index (Phi) is 7.67. The Hall–Kier alpha value is -0.110. The molecule has 3 rings (SSSR count). The average molecular weight is 301 g/mol. The summed E-state index contributed by atoms with van der Waals surface area (Å²) in [6, 6.07) is 0. The average Bonchev–Trinajstić information content (AvgIpc) is 3.21. The normalized spacial score (nSPS) is 32.9. The SMILES string of the molecule is CC.CC1(F)CCCCC1.CC1CCC(C2(O)CC2)CC1. The smallest absolute Gasteiger partial charge is 0.108 e. The van der Waals surface area contributed by atoms with E-state index in [0.29, 0.717) is 5.92 Å². The van der Waals surface area contributed by atoms with Crippen LogP contribution in [0.25, 0.3) is 0 Å². The van der Waals surface area contributed by atoms with E-state index in [1.54, 1.807) is 6.92 Å². The summed E-state index contributed by atoms with van der Waals surface area (Å²) >= 11 is 0. The van der Waals surface area contributed by atoms with Crippen molar-refractivity contribution in [3.8, 4) is 0 Å². The molecule has 0 saturated heterocycles. The topological polar surface area (TPSA) is 20.2 Å². The molecule has 3 aliphatic rings. The van der Waals surface area contributed by atoms with Crippen LogP contribution in [-0.4, -0.2) is 16.4 Å². The number of hydrogen-bond acceptors (Lipinski definition) is 1. The molecule has 0 aliphatic heterocycles. The van der Waals surface area contributed by atoms with Crippen molar-refractivity contribution in [1.82, 2.24) is 0 Å². The molecule has 0 amide bonds. The quantitative estimate of drug-likeness (QED) is 0.625. The van der Waals surface area contributed by atoms with Crippen LogP contribution in [0.3, 0.4) is 0 Å². The summed E-state index contributed by atoms with van der Waals surface area (Å²) in [5, 5.41) is 9.84. The van der Waals surface area contributed by atoms with Crippen LogP contribution in [0.2, 0.25) is 0 Å². The Morgan fingerprint density at radius 2 is 1.33 bits per heavy atom. The third kappa shape index (κ3) is 6.67. The van der Waals surface area contributed by atoms with Crippen molar-refractivity contribution in [3.63, 3.8) is 0 Å². The van der Waals surface area contributed by atoms with Gasteiger partial charge in [0.1, 0.15) is 5.67 Å². The van der Waals surface area contributed by atoms with Crippen molar-refractivity contribution in [2.75, 3.05) is 0 Å². The first-order valence-electron chi connectivity index (χ1n) is 9.33. The van der Waals surface area contributed by atoms with E-state index in [0.717, 1.165) is 44.4 Å². The molecule has 0 spiro atoms. The fourth-order valence-corrected chi connectivity index (χ4v) is 3.62. The molecule has 0 radical (unpaired) electrons. The molecule has 3 saturated carbocycles. The van der Waals surface area contributed by atoms with Gasteiger partial charge in [0.25, 0.3) is 0 Å². The Morgan fingerprint density at radius 3 is 1.67 bits per heavy atom. The minimum atomic E-state index is -0.821. The highest BCUT2D eigenvalue weighted by molar-refractivity contribution is 5.00. The third-order valence-corrected chi connectivity index (χ3v) is 5.43. The van der Waals surface area contributed by atoms with E-state index < -0.39 is 5.67 Å². The lowest BCUT2D eigenvalue weighted by Gasteiger charge is -2.29. The molecule has 1 nitrogen and oxygen atoms in total. The molecule has 0 aromatic heterocycles. The zero-order valence-electron chi connectivity index (χ0n) is 14.8. The highest BCUT2D eigenvalue weighted by atomic mass is 19.1. The summed E-state index contributed by atoms with van der Waals surface area (Å²) in [6.07, 6.45) is 12.4. The number of hydrogen-bond donors (Lipinski definition) is 1. The summed E-state index contributed by atoms with van der Waals surface area (Å²) in [4.78, 5) is 0. The minimum Gasteiger partial charge on any atom is -0.390 e. The second kappa shape index (κ2) is 8.50. The lowest BCUT2D eigenvalue weighted by molar-refractivity contribution is 0.0528. The lowest BCUT2D eigenvalue weighted by Crippen LogP contribution is -2.26. The maximum atomic E-state index is 12.9. The predicted molar refractivity (Wildman–Crippen MR) is 89.3 cm³/mol. The zero-order valence-corrected chi connectivity index (χ0v) is 14.8. The van der Waals surface area contributed by atoms with Crippen molar-refractivity contribution < 1.29 is 9.50 Å². The molecule has 2 heteroatoms. The van der Waals surface area contributed by atoms with Crippen molar-refractivity contribution in [1.29, 1.82) is 0 Å². The van der Waals surface area contributed by atoms with Crippen LogP contribution in [-0.2, 0) is 0 Å². The van der Waals surface area contributed by atoms with Crippen LogP contribution in [0, 0.1) is 11.8 Å². The largest absolute Gasteiger partial charge is 0.390 e. The zero-order chi connectivity index (χ0) is 15.9. The molecule has 1 N–H and O–H groups in total. The second-order valence-electron chi connectivity index (χ2n) is 7.53. The molecule has 0 bridgehead atoms. The van der Waals surface area contributed by atoms with Gasteiger partial charge in [-0.25, -0.2) is 4.39 Å². The van der Waals surface area contributed by atoms with E-state index in [1.807, 2.05) is 13.8 Å². The molecule has 126 valence electrons. The molecule has 0 heterocycles. The Bertz CT molecular complexity index is 267. The summed E-state index contributed by atoms with van der Waals surface area (Å²) in [6.45, 7) is 8.04. The number of aliphatic hydroxyl groups is 1. The van der Waals surface area contributed by atoms with Gasteiger partial charge in [0, 0.05) is 0 Å². The molecule has 0 aromatic carbocycles. The Labute approximate surface area is 131 Å². The minimum absolute atomic E-state index is 0.194. The number of halogens is 1. The first kappa shape index (κ1) is 18.9. The molecule has 3 fully saturated rings. The van der Waals surface area contributed by atoms with E-state index in [1.165, 1.54) is 32.1 Å². The van der Waals surface area contributed by atoms with Crippen LogP contribution in [0.15, 0.2) is 0 Å². The van der Waals surface area contributed by atoms with Gasteiger partial charge in [0.15, 0.2) is 0 Å². The highest BCUT2D eigenvalue weighted by Crippen LogP contribution is 2.48. The van der Waals surface area contributed by atoms with Crippen molar-refractivity contribution >= 4 is 0 Å². The number of rotatable bonds is 1. The summed E-state index contributed by atoms with van der Waals surface area (Å²) in [7, 11) is 0. The van der Waals surface area contributed by atoms with Gasteiger partial charge in [-0.15, -0.1) is 0 Å². The van der Waals surface area contributed by atoms with Crippen LogP contribution < -0.4 is 0 Å². The van der Waals surface area contributed by atoms with E-state index >= 15 is 0 Å². The fourth-order valence-electron chi connectivity index (χ4n) is 3.62. The van der Waals surface area contributed by atoms with Crippen LogP contribution >= 0.6 is 0 Å². The van der Waals surface area contributed by atoms with Gasteiger partial charge in [-0.1, -0.05) is 52.9 Å². The van der Waals surface area contributed by atoms with Crippen LogP contribution in [0.4, 0.5) is 4.39 Å². The van der Waals surface area contributed by atoms with Crippen LogP contribution in [0.1, 0.15) is 98.3 Å². The highest BCUT2D eigenvalue weighted by Gasteiger charge is 2.47. The molecule has 0 atom stereocenters. The lowest BCUT2D eigenvalue weighted by atomic mass is 9.79. The van der Waals surface area contributed by atoms with Gasteiger partial charge in [0.05, 0.1) is 5.60 Å². The maximum Gasteiger partial charge on any atom is 0.108 e. The van der Waals surface area contributed by atoms with Gasteiger partial charge >= 0.3 is 0 Å². The van der Waals surface area contributed by atoms with E-state index in [-0.39, 0.29) is 5.60 Å². The van der Waals surface area contributed by atoms with Crippen molar-refractivity contribution in [2.24, 2.45) is 11.8 Å². The first-order valence-corrected chi connectivity index (χ1v) is 9.33. The standard InChI is InChI=1S/C10H18O.C7H13F.C2H6/c1-8-2-4-9(5-3-8)10(11)6-7-10;1-7(8)5-3-2-4-6-7;1-2/h8-9,11H,2-7H2,1H3;2-6H2,1H3;1-2H3. The third-order valence-electron chi connectivity index (χ3n) is 5.43. The molecule has 0 unspecified atom stereocenters. The van der Waals surface area contributed by atoms with Gasteiger partial charge < -0.3 is 5.11 Å². The van der Waals surface area contributed by atoms with Gasteiger partial charge in [-0.05, 0) is 57.3 Å². The predicted octanol–water partition coefficient (Wildman–Crippen LogP) is 6.04. The molecule has 3 aliphatic carbocycles. The summed E-state index contributed by atoms with van der Waals surface area (Å²) < 4.78 is 12.9. The van der Waals surface area contributed by atoms with Gasteiger partial charge in [-0.2, -0.15) is 0 Å². The number of alkyl halides is 1. The monoisotopic (exact) mass is 300 g/mol. The second-order valence-corrected chi connectivity index (χ2v) is 7.53. The Morgan fingerprint density at radius 1 is 0.857 bits per heavy atom. The van der Waals surface area contributed by atoms with Crippen LogP contribution in [0.5, 0.6) is 0 Å². The maximum absolute atomic E-state index is 12.9. The van der Waals surface area contributed by atoms with Crippen molar-refractivity contribution in [3.05, 3.63) is 0 Å². The molecule has 21 heavy (non-hydrogen) atoms. The van der Waals surface area contributed by atoms with Gasteiger partial charge in [0.2, 0.25) is 0 Å². The van der Waals surface area contributed by atoms with E-state index in [4.69, 9.17) is 0 Å². The van der Waals surface area contributed by atoms with Gasteiger partial charge in [-0.3, -0.25) is 0 Å². The fraction of sp³-hybridized carbons (Fsp3) is 1.00. The first-order chi connectivity index (χ1) is 9.91. The molecular weight excluding hydrogens is 263 g/mol. The molecular formula is C19H37FO. The summed E-state index contributed by atoms with van der Waals surface area (Å²) in [5.74, 6) is 1.56. The molecule has 0 aromatic rings. The van der Waals surface area contributed by atoms with Crippen molar-refractivity contribution in [2.45, 2.75) is 110 Å². The summed E-state index contributed by atoms with van der Waals surface area (Å²) in [5.41, 5.74) is -1.02.